The SMILES string of the molecule is Cc1cc(C(=O)NCc2cccc(F)c2)ccc1N(C)S(=O)(=O)c1ccccc1. The predicted molar refractivity (Wildman–Crippen MR) is 111 cm³/mol. The molecule has 0 fully saturated rings. The minimum Gasteiger partial charge on any atom is -0.348 e. The van der Waals surface area contributed by atoms with Crippen molar-refractivity contribution in [3.63, 3.8) is 0 Å². The van der Waals surface area contributed by atoms with Gasteiger partial charge in [0, 0.05) is 19.2 Å². The zero-order valence-corrected chi connectivity index (χ0v) is 16.9. The highest BCUT2D eigenvalue weighted by molar-refractivity contribution is 7.92. The summed E-state index contributed by atoms with van der Waals surface area (Å²) in [6, 6.07) is 19.0. The molecule has 29 heavy (non-hydrogen) atoms. The minimum atomic E-state index is -3.70. The number of aryl methyl sites for hydroxylation is 1. The summed E-state index contributed by atoms with van der Waals surface area (Å²) >= 11 is 0. The van der Waals surface area contributed by atoms with Crippen LogP contribution in [0.5, 0.6) is 0 Å². The number of halogens is 1. The average molecular weight is 412 g/mol. The molecule has 0 heterocycles. The fourth-order valence-corrected chi connectivity index (χ4v) is 4.24. The molecule has 0 aliphatic heterocycles. The predicted octanol–water partition coefficient (Wildman–Crippen LogP) is 3.89. The Morgan fingerprint density at radius 2 is 1.72 bits per heavy atom. The number of carbonyl (C=O) groups excluding carboxylic acids is 1. The van der Waals surface area contributed by atoms with Crippen LogP contribution >= 0.6 is 0 Å². The summed E-state index contributed by atoms with van der Waals surface area (Å²) in [6.45, 7) is 1.94. The van der Waals surface area contributed by atoms with Gasteiger partial charge in [-0.2, -0.15) is 0 Å². The first-order valence-electron chi connectivity index (χ1n) is 8.96. The number of nitrogens with zero attached hydrogens (tertiary/aromatic N) is 1. The monoisotopic (exact) mass is 412 g/mol. The number of amides is 1. The molecule has 7 heteroatoms. The molecule has 0 unspecified atom stereocenters. The van der Waals surface area contributed by atoms with Gasteiger partial charge in [0.25, 0.3) is 15.9 Å². The molecule has 5 nitrogen and oxygen atoms in total. The molecule has 3 aromatic rings. The standard InChI is InChI=1S/C22H21FN2O3S/c1-16-13-18(22(26)24-15-17-7-6-8-19(23)14-17)11-12-21(16)25(2)29(27,28)20-9-4-3-5-10-20/h3-14H,15H2,1-2H3,(H,24,26). The van der Waals surface area contributed by atoms with E-state index in [9.17, 15) is 17.6 Å². The molecule has 0 aliphatic carbocycles. The smallest absolute Gasteiger partial charge is 0.264 e. The highest BCUT2D eigenvalue weighted by atomic mass is 32.2. The molecule has 0 atom stereocenters. The van der Waals surface area contributed by atoms with Crippen molar-refractivity contribution in [1.29, 1.82) is 0 Å². The molecule has 3 aromatic carbocycles. The van der Waals surface area contributed by atoms with Crippen LogP contribution in [0.3, 0.4) is 0 Å². The Hall–Kier alpha value is -3.19. The first kappa shape index (κ1) is 20.5. The van der Waals surface area contributed by atoms with Crippen LogP contribution in [-0.2, 0) is 16.6 Å². The first-order valence-corrected chi connectivity index (χ1v) is 10.4. The summed E-state index contributed by atoms with van der Waals surface area (Å²) in [7, 11) is -2.22. The van der Waals surface area contributed by atoms with Crippen molar-refractivity contribution < 1.29 is 17.6 Å². The van der Waals surface area contributed by atoms with Gasteiger partial charge in [-0.1, -0.05) is 30.3 Å². The van der Waals surface area contributed by atoms with Crippen molar-refractivity contribution in [2.75, 3.05) is 11.4 Å². The summed E-state index contributed by atoms with van der Waals surface area (Å²) in [5, 5.41) is 2.74. The summed E-state index contributed by atoms with van der Waals surface area (Å²) in [5.41, 5.74) is 2.18. The van der Waals surface area contributed by atoms with Crippen molar-refractivity contribution in [1.82, 2.24) is 5.32 Å². The van der Waals surface area contributed by atoms with E-state index in [-0.39, 0.29) is 23.2 Å². The third-order valence-electron chi connectivity index (χ3n) is 4.54. The molecule has 0 aliphatic rings. The van der Waals surface area contributed by atoms with Crippen molar-refractivity contribution in [2.45, 2.75) is 18.4 Å². The molecule has 0 saturated carbocycles. The molecule has 0 bridgehead atoms. The Bertz CT molecular complexity index is 1130. The van der Waals surface area contributed by atoms with Crippen molar-refractivity contribution >= 4 is 21.6 Å². The normalized spacial score (nSPS) is 11.1. The highest BCUT2D eigenvalue weighted by Crippen LogP contribution is 2.26. The molecule has 0 aromatic heterocycles. The van der Waals surface area contributed by atoms with Gasteiger partial charge >= 0.3 is 0 Å². The number of carbonyl (C=O) groups is 1. The van der Waals surface area contributed by atoms with E-state index in [1.165, 1.54) is 35.6 Å². The van der Waals surface area contributed by atoms with Crippen LogP contribution in [-0.4, -0.2) is 21.4 Å². The fourth-order valence-electron chi connectivity index (χ4n) is 2.96. The van der Waals surface area contributed by atoms with E-state index >= 15 is 0 Å². The van der Waals surface area contributed by atoms with Gasteiger partial charge in [-0.25, -0.2) is 12.8 Å². The number of hydrogen-bond acceptors (Lipinski definition) is 3. The fraction of sp³-hybridized carbons (Fsp3) is 0.136. The second kappa shape index (κ2) is 8.45. The molecule has 1 amide bonds. The molecule has 3 rings (SSSR count). The average Bonchev–Trinajstić information content (AvgIpc) is 2.72. The van der Waals surface area contributed by atoms with E-state index in [0.29, 0.717) is 22.4 Å². The molecule has 0 radical (unpaired) electrons. The lowest BCUT2D eigenvalue weighted by atomic mass is 10.1. The van der Waals surface area contributed by atoms with E-state index < -0.39 is 10.0 Å². The third kappa shape index (κ3) is 4.63. The number of anilines is 1. The van der Waals surface area contributed by atoms with Crippen LogP contribution in [0.15, 0.2) is 77.7 Å². The molecule has 1 N–H and O–H groups in total. The Morgan fingerprint density at radius 3 is 2.38 bits per heavy atom. The number of rotatable bonds is 6. The van der Waals surface area contributed by atoms with Gasteiger partial charge in [-0.15, -0.1) is 0 Å². The second-order valence-corrected chi connectivity index (χ2v) is 8.57. The number of hydrogen-bond donors (Lipinski definition) is 1. The van der Waals surface area contributed by atoms with E-state index in [1.807, 2.05) is 0 Å². The van der Waals surface area contributed by atoms with Gasteiger partial charge in [-0.05, 0) is 60.5 Å². The van der Waals surface area contributed by atoms with Gasteiger partial charge < -0.3 is 5.32 Å². The van der Waals surface area contributed by atoms with Gasteiger partial charge in [0.2, 0.25) is 0 Å². The maximum absolute atomic E-state index is 13.2. The third-order valence-corrected chi connectivity index (χ3v) is 6.33. The molecule has 150 valence electrons. The van der Waals surface area contributed by atoms with Crippen LogP contribution in [0.1, 0.15) is 21.5 Å². The topological polar surface area (TPSA) is 66.5 Å². The van der Waals surface area contributed by atoms with Gasteiger partial charge in [0.15, 0.2) is 0 Å². The summed E-state index contributed by atoms with van der Waals surface area (Å²) in [4.78, 5) is 12.6. The van der Waals surface area contributed by atoms with Crippen molar-refractivity contribution in [3.05, 3.63) is 95.3 Å². The maximum Gasteiger partial charge on any atom is 0.264 e. The van der Waals surface area contributed by atoms with Crippen LogP contribution in [0.2, 0.25) is 0 Å². The van der Waals surface area contributed by atoms with Gasteiger partial charge in [0.1, 0.15) is 5.82 Å². The van der Waals surface area contributed by atoms with Crippen LogP contribution in [0, 0.1) is 12.7 Å². The molecule has 0 spiro atoms. The first-order chi connectivity index (χ1) is 13.8. The van der Waals surface area contributed by atoms with Gasteiger partial charge in [0.05, 0.1) is 10.6 Å². The summed E-state index contributed by atoms with van der Waals surface area (Å²) < 4.78 is 40.1. The zero-order valence-electron chi connectivity index (χ0n) is 16.1. The lowest BCUT2D eigenvalue weighted by molar-refractivity contribution is 0.0950. The number of nitrogens with one attached hydrogen (secondary N) is 1. The quantitative estimate of drug-likeness (QED) is 0.668. The van der Waals surface area contributed by atoms with Crippen molar-refractivity contribution in [3.8, 4) is 0 Å². The Morgan fingerprint density at radius 1 is 1.00 bits per heavy atom. The second-order valence-electron chi connectivity index (χ2n) is 6.60. The molecular formula is C22H21FN2O3S. The zero-order chi connectivity index (χ0) is 21.0. The Kier molecular flexibility index (Phi) is 5.98. The lowest BCUT2D eigenvalue weighted by Crippen LogP contribution is -2.27. The number of benzene rings is 3. The van der Waals surface area contributed by atoms with E-state index in [2.05, 4.69) is 5.32 Å². The highest BCUT2D eigenvalue weighted by Gasteiger charge is 2.22. The largest absolute Gasteiger partial charge is 0.348 e. The van der Waals surface area contributed by atoms with Crippen molar-refractivity contribution in [2.24, 2.45) is 0 Å². The van der Waals surface area contributed by atoms with Crippen LogP contribution in [0.25, 0.3) is 0 Å². The van der Waals surface area contributed by atoms with Crippen LogP contribution < -0.4 is 9.62 Å². The van der Waals surface area contributed by atoms with E-state index in [4.69, 9.17) is 0 Å². The lowest BCUT2D eigenvalue weighted by Gasteiger charge is -2.22. The van der Waals surface area contributed by atoms with E-state index in [1.54, 1.807) is 55.5 Å². The maximum atomic E-state index is 13.2. The molecule has 0 saturated heterocycles. The van der Waals surface area contributed by atoms with E-state index in [0.717, 1.165) is 0 Å². The Balaban J connectivity index is 1.76. The Labute approximate surface area is 169 Å². The minimum absolute atomic E-state index is 0.193. The molecular weight excluding hydrogens is 391 g/mol. The van der Waals surface area contributed by atoms with Crippen LogP contribution in [0.4, 0.5) is 10.1 Å². The summed E-state index contributed by atoms with van der Waals surface area (Å²) in [6.07, 6.45) is 0. The summed E-state index contributed by atoms with van der Waals surface area (Å²) in [5.74, 6) is -0.683. The van der Waals surface area contributed by atoms with Gasteiger partial charge in [-0.3, -0.25) is 9.10 Å². The number of sulfonamides is 1.